The highest BCUT2D eigenvalue weighted by Crippen LogP contribution is 2.26. The molecule has 3 nitrogen and oxygen atoms in total. The number of benzene rings is 1. The summed E-state index contributed by atoms with van der Waals surface area (Å²) in [6.07, 6.45) is 1.13. The van der Waals surface area contributed by atoms with Crippen LogP contribution in [0.15, 0.2) is 23.1 Å². The number of rotatable bonds is 2. The van der Waals surface area contributed by atoms with Gasteiger partial charge in [-0.2, -0.15) is 0 Å². The van der Waals surface area contributed by atoms with Gasteiger partial charge < -0.3 is 5.73 Å². The summed E-state index contributed by atoms with van der Waals surface area (Å²) < 4.78 is 22.6. The summed E-state index contributed by atoms with van der Waals surface area (Å²) in [5.41, 5.74) is 6.15. The molecule has 1 aromatic carbocycles. The molecule has 0 saturated heterocycles. The van der Waals surface area contributed by atoms with Gasteiger partial charge >= 0.3 is 0 Å². The topological polar surface area (TPSA) is 60.2 Å². The predicted octanol–water partition coefficient (Wildman–Crippen LogP) is 1.94. The minimum absolute atomic E-state index is 0.136. The molecule has 1 aromatic rings. The van der Waals surface area contributed by atoms with E-state index in [1.165, 1.54) is 6.07 Å². The first kappa shape index (κ1) is 12.5. The number of halogens is 1. The lowest BCUT2D eigenvalue weighted by atomic mass is 9.96. The molecule has 0 amide bonds. The molecule has 15 heavy (non-hydrogen) atoms. The Morgan fingerprint density at radius 2 is 1.87 bits per heavy atom. The zero-order valence-electron chi connectivity index (χ0n) is 8.91. The van der Waals surface area contributed by atoms with Crippen LogP contribution in [0.25, 0.3) is 0 Å². The van der Waals surface area contributed by atoms with Crippen LogP contribution in [0.2, 0.25) is 5.02 Å². The van der Waals surface area contributed by atoms with Gasteiger partial charge in [0.05, 0.1) is 9.92 Å². The standard InChI is InChI=1S/C10H14ClNO2S/c1-10(2,12)7-4-5-9(8(11)6-7)15(3,13)14/h4-6H,12H2,1-3H3. The van der Waals surface area contributed by atoms with E-state index < -0.39 is 15.4 Å². The first-order valence-corrected chi connectivity index (χ1v) is 6.68. The number of hydrogen-bond acceptors (Lipinski definition) is 3. The summed E-state index contributed by atoms with van der Waals surface area (Å²) >= 11 is 5.89. The predicted molar refractivity (Wildman–Crippen MR) is 61.8 cm³/mol. The van der Waals surface area contributed by atoms with E-state index in [2.05, 4.69) is 0 Å². The second kappa shape index (κ2) is 3.77. The highest BCUT2D eigenvalue weighted by Gasteiger charge is 2.18. The fourth-order valence-electron chi connectivity index (χ4n) is 1.20. The van der Waals surface area contributed by atoms with Crippen molar-refractivity contribution < 1.29 is 8.42 Å². The molecule has 0 unspecified atom stereocenters. The lowest BCUT2D eigenvalue weighted by Crippen LogP contribution is -2.28. The normalized spacial score (nSPS) is 12.9. The van der Waals surface area contributed by atoms with Crippen LogP contribution in [0.5, 0.6) is 0 Å². The maximum atomic E-state index is 11.3. The molecule has 0 aliphatic heterocycles. The molecule has 0 aliphatic rings. The maximum Gasteiger partial charge on any atom is 0.176 e. The first-order chi connectivity index (χ1) is 6.62. The second-order valence-corrected chi connectivity index (χ2v) is 6.53. The average molecular weight is 248 g/mol. The molecular formula is C10H14ClNO2S. The molecule has 5 heteroatoms. The van der Waals surface area contributed by atoms with Crippen LogP contribution in [0.1, 0.15) is 19.4 Å². The van der Waals surface area contributed by atoms with Crippen molar-refractivity contribution in [3.05, 3.63) is 28.8 Å². The Balaban J connectivity index is 3.34. The van der Waals surface area contributed by atoms with Gasteiger partial charge in [-0.15, -0.1) is 0 Å². The van der Waals surface area contributed by atoms with E-state index in [0.717, 1.165) is 11.8 Å². The van der Waals surface area contributed by atoms with Gasteiger partial charge in [-0.05, 0) is 31.5 Å². The molecule has 0 saturated carbocycles. The van der Waals surface area contributed by atoms with E-state index in [0.29, 0.717) is 0 Å². The molecule has 1 rings (SSSR count). The van der Waals surface area contributed by atoms with Gasteiger partial charge in [-0.25, -0.2) is 8.42 Å². The molecule has 0 spiro atoms. The Morgan fingerprint density at radius 3 is 2.20 bits per heavy atom. The van der Waals surface area contributed by atoms with E-state index in [1.54, 1.807) is 12.1 Å². The van der Waals surface area contributed by atoms with E-state index in [4.69, 9.17) is 17.3 Å². The highest BCUT2D eigenvalue weighted by atomic mass is 35.5. The summed E-state index contributed by atoms with van der Waals surface area (Å²) in [5.74, 6) is 0. The molecule has 0 bridgehead atoms. The Kier molecular flexibility index (Phi) is 3.14. The van der Waals surface area contributed by atoms with Crippen LogP contribution in [-0.4, -0.2) is 14.7 Å². The first-order valence-electron chi connectivity index (χ1n) is 4.41. The SMILES string of the molecule is CC(C)(N)c1ccc(S(C)(=O)=O)c(Cl)c1. The smallest absolute Gasteiger partial charge is 0.176 e. The largest absolute Gasteiger partial charge is 0.322 e. The number of sulfone groups is 1. The second-order valence-electron chi connectivity index (χ2n) is 4.14. The van der Waals surface area contributed by atoms with Gasteiger partial charge in [0.2, 0.25) is 0 Å². The minimum Gasteiger partial charge on any atom is -0.322 e. The Labute approximate surface area is 95.2 Å². The zero-order valence-corrected chi connectivity index (χ0v) is 10.5. The zero-order chi connectivity index (χ0) is 11.9. The van der Waals surface area contributed by atoms with Crippen molar-refractivity contribution in [3.63, 3.8) is 0 Å². The van der Waals surface area contributed by atoms with Crippen molar-refractivity contribution >= 4 is 21.4 Å². The third kappa shape index (κ3) is 2.93. The number of nitrogens with two attached hydrogens (primary N) is 1. The van der Waals surface area contributed by atoms with Crippen molar-refractivity contribution in [1.29, 1.82) is 0 Å². The third-order valence-electron chi connectivity index (χ3n) is 2.08. The molecule has 2 N–H and O–H groups in total. The van der Waals surface area contributed by atoms with Crippen LogP contribution in [0.3, 0.4) is 0 Å². The Morgan fingerprint density at radius 1 is 1.33 bits per heavy atom. The Hall–Kier alpha value is -0.580. The van der Waals surface area contributed by atoms with Crippen LogP contribution in [0.4, 0.5) is 0 Å². The molecule has 0 radical (unpaired) electrons. The van der Waals surface area contributed by atoms with E-state index in [9.17, 15) is 8.42 Å². The van der Waals surface area contributed by atoms with E-state index in [-0.39, 0.29) is 9.92 Å². The van der Waals surface area contributed by atoms with Gasteiger partial charge in [0, 0.05) is 11.8 Å². The van der Waals surface area contributed by atoms with Crippen molar-refractivity contribution in [2.24, 2.45) is 5.73 Å². The van der Waals surface area contributed by atoms with Crippen molar-refractivity contribution in [2.45, 2.75) is 24.3 Å². The minimum atomic E-state index is -3.27. The lowest BCUT2D eigenvalue weighted by Gasteiger charge is -2.19. The van der Waals surface area contributed by atoms with Crippen LogP contribution >= 0.6 is 11.6 Å². The van der Waals surface area contributed by atoms with Crippen LogP contribution in [-0.2, 0) is 15.4 Å². The quantitative estimate of drug-likeness (QED) is 0.869. The van der Waals surface area contributed by atoms with Gasteiger partial charge in [0.15, 0.2) is 9.84 Å². The van der Waals surface area contributed by atoms with Gasteiger partial charge in [0.1, 0.15) is 0 Å². The van der Waals surface area contributed by atoms with Gasteiger partial charge in [-0.3, -0.25) is 0 Å². The van der Waals surface area contributed by atoms with Gasteiger partial charge in [-0.1, -0.05) is 17.7 Å². The van der Waals surface area contributed by atoms with Crippen molar-refractivity contribution in [2.75, 3.05) is 6.26 Å². The van der Waals surface area contributed by atoms with Gasteiger partial charge in [0.25, 0.3) is 0 Å². The third-order valence-corrected chi connectivity index (χ3v) is 3.66. The monoisotopic (exact) mass is 247 g/mol. The maximum absolute atomic E-state index is 11.3. The lowest BCUT2D eigenvalue weighted by molar-refractivity contribution is 0.553. The van der Waals surface area contributed by atoms with Crippen molar-refractivity contribution in [1.82, 2.24) is 0 Å². The molecule has 84 valence electrons. The molecule has 0 aliphatic carbocycles. The molecular weight excluding hydrogens is 234 g/mol. The number of hydrogen-bond donors (Lipinski definition) is 1. The Bertz CT molecular complexity index is 475. The molecule has 0 fully saturated rings. The summed E-state index contributed by atoms with van der Waals surface area (Å²) in [5, 5.41) is 0.216. The fraction of sp³-hybridized carbons (Fsp3) is 0.400. The van der Waals surface area contributed by atoms with Crippen LogP contribution in [0, 0.1) is 0 Å². The summed E-state index contributed by atoms with van der Waals surface area (Å²) in [7, 11) is -3.27. The average Bonchev–Trinajstić information content (AvgIpc) is 1.99. The fourth-order valence-corrected chi connectivity index (χ4v) is 2.53. The molecule has 0 heterocycles. The van der Waals surface area contributed by atoms with Crippen LogP contribution < -0.4 is 5.73 Å². The summed E-state index contributed by atoms with van der Waals surface area (Å²) in [6, 6.07) is 4.77. The highest BCUT2D eigenvalue weighted by molar-refractivity contribution is 7.90. The summed E-state index contributed by atoms with van der Waals surface area (Å²) in [4.78, 5) is 0.136. The molecule has 0 aromatic heterocycles. The van der Waals surface area contributed by atoms with E-state index >= 15 is 0 Å². The van der Waals surface area contributed by atoms with Crippen molar-refractivity contribution in [3.8, 4) is 0 Å². The van der Waals surface area contributed by atoms with E-state index in [1.807, 2.05) is 13.8 Å². The summed E-state index contributed by atoms with van der Waals surface area (Å²) in [6.45, 7) is 3.66. The molecule has 0 atom stereocenters.